The van der Waals surface area contributed by atoms with E-state index in [1.165, 1.54) is 0 Å². The second kappa shape index (κ2) is 4.07. The van der Waals surface area contributed by atoms with Gasteiger partial charge in [-0.1, -0.05) is 12.1 Å². The first-order valence-electron chi connectivity index (χ1n) is 5.63. The number of aromatic amines is 1. The van der Waals surface area contributed by atoms with E-state index in [2.05, 4.69) is 10.3 Å². The van der Waals surface area contributed by atoms with Crippen LogP contribution in [-0.2, 0) is 0 Å². The molecule has 90 valence electrons. The standard InChI is InChI=1S/C14H12N2O2/c1-18-13-6-7-15-11(13)8-12-14(17)9-4-2-3-5-10(9)16-12/h2-8,15-16H,1H3. The van der Waals surface area contributed by atoms with Crippen molar-refractivity contribution in [2.45, 2.75) is 0 Å². The van der Waals surface area contributed by atoms with Crippen LogP contribution in [0.2, 0.25) is 0 Å². The van der Waals surface area contributed by atoms with E-state index in [4.69, 9.17) is 4.74 Å². The summed E-state index contributed by atoms with van der Waals surface area (Å²) in [6, 6.07) is 9.28. The van der Waals surface area contributed by atoms with Gasteiger partial charge in [0.25, 0.3) is 0 Å². The summed E-state index contributed by atoms with van der Waals surface area (Å²) in [5.74, 6) is 0.718. The predicted molar refractivity (Wildman–Crippen MR) is 69.7 cm³/mol. The number of carbonyl (C=O) groups is 1. The molecule has 1 aliphatic rings. The molecule has 4 nitrogen and oxygen atoms in total. The van der Waals surface area contributed by atoms with Crippen molar-refractivity contribution >= 4 is 17.5 Å². The molecule has 0 aliphatic carbocycles. The van der Waals surface area contributed by atoms with Crippen LogP contribution in [0, 0.1) is 0 Å². The summed E-state index contributed by atoms with van der Waals surface area (Å²) in [6.45, 7) is 0. The van der Waals surface area contributed by atoms with E-state index in [0.29, 0.717) is 17.0 Å². The van der Waals surface area contributed by atoms with Crippen molar-refractivity contribution in [3.63, 3.8) is 0 Å². The first-order valence-corrected chi connectivity index (χ1v) is 5.63. The lowest BCUT2D eigenvalue weighted by molar-refractivity contribution is 0.104. The molecule has 0 bridgehead atoms. The molecule has 1 aromatic carbocycles. The van der Waals surface area contributed by atoms with Gasteiger partial charge in [0.15, 0.2) is 0 Å². The highest BCUT2D eigenvalue weighted by Crippen LogP contribution is 2.29. The number of benzene rings is 1. The van der Waals surface area contributed by atoms with Gasteiger partial charge in [0.2, 0.25) is 5.78 Å². The van der Waals surface area contributed by atoms with Crippen molar-refractivity contribution in [3.8, 4) is 5.75 Å². The summed E-state index contributed by atoms with van der Waals surface area (Å²) in [7, 11) is 1.60. The van der Waals surface area contributed by atoms with Gasteiger partial charge in [0.1, 0.15) is 5.75 Å². The van der Waals surface area contributed by atoms with E-state index in [9.17, 15) is 4.79 Å². The first-order chi connectivity index (χ1) is 8.79. The van der Waals surface area contributed by atoms with Crippen LogP contribution >= 0.6 is 0 Å². The number of para-hydroxylation sites is 1. The number of H-pyrrole nitrogens is 1. The normalized spacial score (nSPS) is 15.6. The highest BCUT2D eigenvalue weighted by atomic mass is 16.5. The fraction of sp³-hybridized carbons (Fsp3) is 0.0714. The van der Waals surface area contributed by atoms with Crippen molar-refractivity contribution in [1.29, 1.82) is 0 Å². The highest BCUT2D eigenvalue weighted by molar-refractivity contribution is 6.20. The molecule has 2 heterocycles. The van der Waals surface area contributed by atoms with E-state index >= 15 is 0 Å². The molecule has 4 heteroatoms. The summed E-state index contributed by atoms with van der Waals surface area (Å²) in [4.78, 5) is 15.2. The van der Waals surface area contributed by atoms with Gasteiger partial charge in [-0.2, -0.15) is 0 Å². The SMILES string of the molecule is COc1cc[nH]c1C=C1Nc2ccccc2C1=O. The predicted octanol–water partition coefficient (Wildman–Crippen LogP) is 2.67. The number of hydrogen-bond donors (Lipinski definition) is 2. The summed E-state index contributed by atoms with van der Waals surface area (Å²) in [5, 5.41) is 3.11. The zero-order valence-electron chi connectivity index (χ0n) is 9.86. The quantitative estimate of drug-likeness (QED) is 0.793. The van der Waals surface area contributed by atoms with Crippen LogP contribution in [0.5, 0.6) is 5.75 Å². The zero-order chi connectivity index (χ0) is 12.5. The fourth-order valence-electron chi connectivity index (χ4n) is 2.04. The van der Waals surface area contributed by atoms with E-state index in [1.54, 1.807) is 19.4 Å². The van der Waals surface area contributed by atoms with Gasteiger partial charge < -0.3 is 15.0 Å². The number of nitrogens with one attached hydrogen (secondary N) is 2. The number of rotatable bonds is 2. The molecule has 1 aliphatic heterocycles. The maximum atomic E-state index is 12.1. The van der Waals surface area contributed by atoms with Crippen LogP contribution in [0.25, 0.3) is 6.08 Å². The molecule has 18 heavy (non-hydrogen) atoms. The molecule has 0 unspecified atom stereocenters. The zero-order valence-corrected chi connectivity index (χ0v) is 9.86. The summed E-state index contributed by atoms with van der Waals surface area (Å²) in [5.41, 5.74) is 2.88. The number of Topliss-reactive ketones (excluding diaryl/α,β-unsaturated/α-hetero) is 1. The van der Waals surface area contributed by atoms with Gasteiger partial charge in [-0.3, -0.25) is 4.79 Å². The van der Waals surface area contributed by atoms with Gasteiger partial charge in [0.05, 0.1) is 18.5 Å². The monoisotopic (exact) mass is 240 g/mol. The Kier molecular flexibility index (Phi) is 2.41. The second-order valence-corrected chi connectivity index (χ2v) is 4.02. The number of carbonyl (C=O) groups excluding carboxylic acids is 1. The number of ketones is 1. The smallest absolute Gasteiger partial charge is 0.211 e. The Labute approximate surface area is 104 Å². The molecule has 0 saturated heterocycles. The number of fused-ring (bicyclic) bond motifs is 1. The van der Waals surface area contributed by atoms with Crippen molar-refractivity contribution in [2.75, 3.05) is 12.4 Å². The molecule has 0 radical (unpaired) electrons. The van der Waals surface area contributed by atoms with Crippen LogP contribution in [-0.4, -0.2) is 17.9 Å². The van der Waals surface area contributed by atoms with E-state index < -0.39 is 0 Å². The maximum absolute atomic E-state index is 12.1. The number of anilines is 1. The largest absolute Gasteiger partial charge is 0.495 e. The average molecular weight is 240 g/mol. The Bertz CT molecular complexity index is 641. The van der Waals surface area contributed by atoms with Crippen LogP contribution in [0.4, 0.5) is 5.69 Å². The summed E-state index contributed by atoms with van der Waals surface area (Å²) >= 11 is 0. The van der Waals surface area contributed by atoms with Crippen molar-refractivity contribution in [3.05, 3.63) is 53.5 Å². The topological polar surface area (TPSA) is 54.1 Å². The minimum Gasteiger partial charge on any atom is -0.495 e. The first kappa shape index (κ1) is 10.7. The van der Waals surface area contributed by atoms with Crippen LogP contribution in [0.15, 0.2) is 42.2 Å². The number of methoxy groups -OCH3 is 1. The van der Waals surface area contributed by atoms with E-state index in [-0.39, 0.29) is 5.78 Å². The molecule has 0 spiro atoms. The number of hydrogen-bond acceptors (Lipinski definition) is 3. The summed E-state index contributed by atoms with van der Waals surface area (Å²) in [6.07, 6.45) is 3.54. The van der Waals surface area contributed by atoms with Crippen LogP contribution in [0.1, 0.15) is 16.1 Å². The van der Waals surface area contributed by atoms with Crippen molar-refractivity contribution < 1.29 is 9.53 Å². The second-order valence-electron chi connectivity index (χ2n) is 4.02. The molecule has 1 aromatic heterocycles. The molecule has 0 fully saturated rings. The van der Waals surface area contributed by atoms with Crippen molar-refractivity contribution in [1.82, 2.24) is 4.98 Å². The maximum Gasteiger partial charge on any atom is 0.211 e. The molecule has 0 amide bonds. The highest BCUT2D eigenvalue weighted by Gasteiger charge is 2.24. The minimum atomic E-state index is 0.00209. The molecule has 3 rings (SSSR count). The van der Waals surface area contributed by atoms with Gasteiger partial charge >= 0.3 is 0 Å². The molecular formula is C14H12N2O2. The Morgan fingerprint density at radius 2 is 2.06 bits per heavy atom. The van der Waals surface area contributed by atoms with Crippen molar-refractivity contribution in [2.24, 2.45) is 0 Å². The number of allylic oxidation sites excluding steroid dienone is 1. The number of aromatic nitrogens is 1. The number of ether oxygens (including phenoxy) is 1. The van der Waals surface area contributed by atoms with Gasteiger partial charge in [-0.15, -0.1) is 0 Å². The molecule has 0 saturated carbocycles. The van der Waals surface area contributed by atoms with Gasteiger partial charge in [0, 0.05) is 17.4 Å². The van der Waals surface area contributed by atoms with Gasteiger partial charge in [-0.05, 0) is 24.3 Å². The molecular weight excluding hydrogens is 228 g/mol. The Hall–Kier alpha value is -2.49. The Morgan fingerprint density at radius 1 is 1.22 bits per heavy atom. The van der Waals surface area contributed by atoms with E-state index in [0.717, 1.165) is 11.4 Å². The third-order valence-corrected chi connectivity index (χ3v) is 2.93. The molecule has 0 atom stereocenters. The lowest BCUT2D eigenvalue weighted by atomic mass is 10.1. The van der Waals surface area contributed by atoms with E-state index in [1.807, 2.05) is 30.3 Å². The third kappa shape index (κ3) is 1.59. The average Bonchev–Trinajstić information content (AvgIpc) is 2.96. The lowest BCUT2D eigenvalue weighted by Gasteiger charge is -2.00. The summed E-state index contributed by atoms with van der Waals surface area (Å²) < 4.78 is 5.19. The minimum absolute atomic E-state index is 0.00209. The van der Waals surface area contributed by atoms with Gasteiger partial charge in [-0.25, -0.2) is 0 Å². The molecule has 2 N–H and O–H groups in total. The Morgan fingerprint density at radius 3 is 2.83 bits per heavy atom. The van der Waals surface area contributed by atoms with Crippen LogP contribution in [0.3, 0.4) is 0 Å². The fourth-order valence-corrected chi connectivity index (χ4v) is 2.04. The third-order valence-electron chi connectivity index (χ3n) is 2.93. The lowest BCUT2D eigenvalue weighted by Crippen LogP contribution is -2.00. The molecule has 2 aromatic rings. The van der Waals surface area contributed by atoms with Crippen LogP contribution < -0.4 is 10.1 Å². The Balaban J connectivity index is 1.99.